The maximum atomic E-state index is 9.69. The summed E-state index contributed by atoms with van der Waals surface area (Å²) >= 11 is 0. The fourth-order valence-corrected chi connectivity index (χ4v) is 4.21. The van der Waals surface area contributed by atoms with Crippen molar-refractivity contribution < 1.29 is 5.11 Å². The zero-order chi connectivity index (χ0) is 14.8. The Labute approximate surface area is 124 Å². The second-order valence-electron chi connectivity index (χ2n) is 7.14. The molecule has 0 amide bonds. The summed E-state index contributed by atoms with van der Waals surface area (Å²) in [6, 6.07) is 1.92. The van der Waals surface area contributed by atoms with Crippen LogP contribution in [0.2, 0.25) is 0 Å². The van der Waals surface area contributed by atoms with E-state index in [1.165, 1.54) is 32.5 Å². The summed E-state index contributed by atoms with van der Waals surface area (Å²) in [7, 11) is 0. The van der Waals surface area contributed by atoms with Gasteiger partial charge in [0.25, 0.3) is 0 Å². The number of aliphatic hydroxyl groups is 1. The van der Waals surface area contributed by atoms with Gasteiger partial charge in [-0.15, -0.1) is 0 Å². The summed E-state index contributed by atoms with van der Waals surface area (Å²) in [5.74, 6) is 0. The first kappa shape index (κ1) is 16.2. The molecule has 0 aliphatic carbocycles. The van der Waals surface area contributed by atoms with Crippen LogP contribution in [0.15, 0.2) is 0 Å². The maximum Gasteiger partial charge on any atom is 0.0611 e. The third-order valence-corrected chi connectivity index (χ3v) is 5.25. The molecule has 118 valence electrons. The number of likely N-dealkylation sites (N-methyl/N-ethyl adjacent to an activating group) is 1. The number of nitrogens with one attached hydrogen (secondary N) is 1. The number of hydrogen-bond donors (Lipinski definition) is 2. The van der Waals surface area contributed by atoms with Crippen LogP contribution < -0.4 is 5.32 Å². The molecule has 0 aromatic heterocycles. The minimum Gasteiger partial charge on any atom is -0.394 e. The average molecular weight is 283 g/mol. The van der Waals surface area contributed by atoms with Crippen LogP contribution in [-0.4, -0.2) is 71.4 Å². The number of aliphatic hydroxyl groups excluding tert-OH is 1. The summed E-state index contributed by atoms with van der Waals surface area (Å²) < 4.78 is 0. The topological polar surface area (TPSA) is 38.7 Å². The normalized spacial score (nSPS) is 32.9. The Kier molecular flexibility index (Phi) is 5.46. The quantitative estimate of drug-likeness (QED) is 0.770. The highest BCUT2D eigenvalue weighted by Gasteiger charge is 2.37. The molecule has 4 nitrogen and oxygen atoms in total. The van der Waals surface area contributed by atoms with Gasteiger partial charge in [0.1, 0.15) is 0 Å². The Morgan fingerprint density at radius 2 is 2.15 bits per heavy atom. The molecule has 4 unspecified atom stereocenters. The zero-order valence-corrected chi connectivity index (χ0v) is 13.7. The van der Waals surface area contributed by atoms with Crippen LogP contribution in [0.5, 0.6) is 0 Å². The minimum atomic E-state index is -0.152. The number of rotatable bonds is 6. The molecule has 2 fully saturated rings. The van der Waals surface area contributed by atoms with E-state index in [2.05, 4.69) is 42.8 Å². The first-order valence-corrected chi connectivity index (χ1v) is 8.34. The standard InChI is InChI=1S/C16H33N3O/c1-5-17-16(4,12-20)9-13(2)19-11-15-7-6-8-18(15)10-14(19)3/h13-15,17,20H,5-12H2,1-4H3. The van der Waals surface area contributed by atoms with Crippen molar-refractivity contribution in [1.29, 1.82) is 0 Å². The fraction of sp³-hybridized carbons (Fsp3) is 1.00. The molecule has 20 heavy (non-hydrogen) atoms. The van der Waals surface area contributed by atoms with E-state index < -0.39 is 0 Å². The molecule has 0 aromatic rings. The highest BCUT2D eigenvalue weighted by Crippen LogP contribution is 2.28. The van der Waals surface area contributed by atoms with Crippen molar-refractivity contribution in [2.45, 2.75) is 70.6 Å². The van der Waals surface area contributed by atoms with E-state index in [1.807, 2.05) is 0 Å². The minimum absolute atomic E-state index is 0.152. The fourth-order valence-electron chi connectivity index (χ4n) is 4.21. The van der Waals surface area contributed by atoms with E-state index in [-0.39, 0.29) is 12.1 Å². The lowest BCUT2D eigenvalue weighted by molar-refractivity contribution is 0.0171. The molecular formula is C16H33N3O. The molecule has 0 aromatic carbocycles. The van der Waals surface area contributed by atoms with E-state index in [1.54, 1.807) is 0 Å². The molecule has 2 rings (SSSR count). The molecule has 2 aliphatic rings. The molecule has 4 heteroatoms. The summed E-state index contributed by atoms with van der Waals surface area (Å²) in [5, 5.41) is 13.1. The molecule has 0 bridgehead atoms. The van der Waals surface area contributed by atoms with Gasteiger partial charge < -0.3 is 10.4 Å². The van der Waals surface area contributed by atoms with Gasteiger partial charge in [-0.3, -0.25) is 9.80 Å². The molecule has 2 heterocycles. The number of fused-ring (bicyclic) bond motifs is 1. The Morgan fingerprint density at radius 3 is 2.80 bits per heavy atom. The Balaban J connectivity index is 1.95. The maximum absolute atomic E-state index is 9.69. The second kappa shape index (κ2) is 6.73. The van der Waals surface area contributed by atoms with E-state index in [0.29, 0.717) is 12.1 Å². The van der Waals surface area contributed by atoms with Crippen molar-refractivity contribution in [1.82, 2.24) is 15.1 Å². The lowest BCUT2D eigenvalue weighted by Crippen LogP contribution is -2.59. The third kappa shape index (κ3) is 3.53. The van der Waals surface area contributed by atoms with Gasteiger partial charge in [0, 0.05) is 36.8 Å². The molecule has 4 atom stereocenters. The predicted molar refractivity (Wildman–Crippen MR) is 84.0 cm³/mol. The van der Waals surface area contributed by atoms with Gasteiger partial charge in [-0.1, -0.05) is 6.92 Å². The Bertz CT molecular complexity index is 312. The Morgan fingerprint density at radius 1 is 1.40 bits per heavy atom. The van der Waals surface area contributed by atoms with Crippen molar-refractivity contribution in [2.24, 2.45) is 0 Å². The van der Waals surface area contributed by atoms with Gasteiger partial charge in [-0.25, -0.2) is 0 Å². The predicted octanol–water partition coefficient (Wildman–Crippen LogP) is 1.29. The van der Waals surface area contributed by atoms with Crippen LogP contribution in [0.25, 0.3) is 0 Å². The second-order valence-corrected chi connectivity index (χ2v) is 7.14. The van der Waals surface area contributed by atoms with Crippen molar-refractivity contribution in [3.05, 3.63) is 0 Å². The first-order valence-electron chi connectivity index (χ1n) is 8.34. The third-order valence-electron chi connectivity index (χ3n) is 5.25. The molecule has 2 saturated heterocycles. The van der Waals surface area contributed by atoms with E-state index in [9.17, 15) is 5.11 Å². The summed E-state index contributed by atoms with van der Waals surface area (Å²) in [6.45, 7) is 13.8. The van der Waals surface area contributed by atoms with Crippen molar-refractivity contribution >= 4 is 0 Å². The summed E-state index contributed by atoms with van der Waals surface area (Å²) in [5.41, 5.74) is -0.152. The number of nitrogens with zero attached hydrogens (tertiary/aromatic N) is 2. The Hall–Kier alpha value is -0.160. The van der Waals surface area contributed by atoms with Gasteiger partial charge >= 0.3 is 0 Å². The van der Waals surface area contributed by atoms with Crippen LogP contribution in [0.4, 0.5) is 0 Å². The van der Waals surface area contributed by atoms with Crippen LogP contribution in [0.3, 0.4) is 0 Å². The van der Waals surface area contributed by atoms with Gasteiger partial charge in [-0.05, 0) is 53.1 Å². The van der Waals surface area contributed by atoms with Crippen LogP contribution in [0.1, 0.15) is 47.0 Å². The lowest BCUT2D eigenvalue weighted by Gasteiger charge is -2.47. The smallest absolute Gasteiger partial charge is 0.0611 e. The van der Waals surface area contributed by atoms with Gasteiger partial charge in [0.05, 0.1) is 6.61 Å². The SMILES string of the molecule is CCNC(C)(CO)CC(C)N1CC2CCCN2CC1C. The van der Waals surface area contributed by atoms with Crippen molar-refractivity contribution in [3.63, 3.8) is 0 Å². The van der Waals surface area contributed by atoms with E-state index in [4.69, 9.17) is 0 Å². The summed E-state index contributed by atoms with van der Waals surface area (Å²) in [6.07, 6.45) is 3.74. The van der Waals surface area contributed by atoms with Crippen molar-refractivity contribution in [2.75, 3.05) is 32.8 Å². The zero-order valence-electron chi connectivity index (χ0n) is 13.7. The molecule has 0 spiro atoms. The average Bonchev–Trinajstić information content (AvgIpc) is 2.84. The monoisotopic (exact) mass is 283 g/mol. The van der Waals surface area contributed by atoms with Crippen LogP contribution >= 0.6 is 0 Å². The molecule has 0 radical (unpaired) electrons. The van der Waals surface area contributed by atoms with Gasteiger partial charge in [0.2, 0.25) is 0 Å². The molecular weight excluding hydrogens is 250 g/mol. The summed E-state index contributed by atoms with van der Waals surface area (Å²) in [4.78, 5) is 5.33. The molecule has 0 saturated carbocycles. The highest BCUT2D eigenvalue weighted by atomic mass is 16.3. The van der Waals surface area contributed by atoms with E-state index in [0.717, 1.165) is 19.0 Å². The largest absolute Gasteiger partial charge is 0.394 e. The first-order chi connectivity index (χ1) is 9.49. The van der Waals surface area contributed by atoms with Crippen LogP contribution in [0, 0.1) is 0 Å². The number of piperazine rings is 1. The number of hydrogen-bond acceptors (Lipinski definition) is 4. The lowest BCUT2D eigenvalue weighted by atomic mass is 9.92. The molecule has 2 N–H and O–H groups in total. The van der Waals surface area contributed by atoms with Gasteiger partial charge in [0.15, 0.2) is 0 Å². The van der Waals surface area contributed by atoms with E-state index >= 15 is 0 Å². The highest BCUT2D eigenvalue weighted by molar-refractivity contribution is 4.95. The molecule has 2 aliphatic heterocycles. The van der Waals surface area contributed by atoms with Gasteiger partial charge in [-0.2, -0.15) is 0 Å². The van der Waals surface area contributed by atoms with Crippen LogP contribution in [-0.2, 0) is 0 Å². The van der Waals surface area contributed by atoms with Crippen molar-refractivity contribution in [3.8, 4) is 0 Å².